The van der Waals surface area contributed by atoms with E-state index in [2.05, 4.69) is 15.5 Å². The van der Waals surface area contributed by atoms with Crippen LogP contribution in [0.3, 0.4) is 0 Å². The van der Waals surface area contributed by atoms with E-state index in [1.165, 1.54) is 29.5 Å². The molecule has 0 aliphatic carbocycles. The largest absolute Gasteiger partial charge is 0.486 e. The average molecular weight is 472 g/mol. The maximum atomic E-state index is 14.4. The first kappa shape index (κ1) is 20.5. The minimum atomic E-state index is -0.602. The van der Waals surface area contributed by atoms with E-state index < -0.39 is 11.7 Å². The van der Waals surface area contributed by atoms with Gasteiger partial charge in [-0.15, -0.1) is 11.3 Å². The van der Waals surface area contributed by atoms with E-state index in [9.17, 15) is 9.18 Å². The molecule has 2 aromatic carbocycles. The molecule has 4 aromatic rings. The first-order chi connectivity index (χ1) is 15.5. The van der Waals surface area contributed by atoms with Crippen molar-refractivity contribution in [3.8, 4) is 34.0 Å². The van der Waals surface area contributed by atoms with E-state index >= 15 is 0 Å². The number of thiazole rings is 1. The molecule has 1 aliphatic rings. The number of nitrogens with zero attached hydrogens (tertiary/aromatic N) is 2. The van der Waals surface area contributed by atoms with Gasteiger partial charge < -0.3 is 14.0 Å². The van der Waals surface area contributed by atoms with Gasteiger partial charge in [0.1, 0.15) is 36.0 Å². The third-order valence-corrected chi connectivity index (χ3v) is 5.92. The average Bonchev–Trinajstić information content (AvgIpc) is 3.40. The summed E-state index contributed by atoms with van der Waals surface area (Å²) in [5.74, 6) is 0.446. The van der Waals surface area contributed by atoms with Crippen LogP contribution < -0.4 is 14.8 Å². The van der Waals surface area contributed by atoms with E-state index in [0.29, 0.717) is 35.5 Å². The molecule has 0 spiro atoms. The summed E-state index contributed by atoms with van der Waals surface area (Å²) in [6.45, 7) is 2.57. The summed E-state index contributed by atoms with van der Waals surface area (Å²) < 4.78 is 30.7. The molecule has 0 saturated carbocycles. The molecule has 1 amide bonds. The number of benzene rings is 2. The van der Waals surface area contributed by atoms with Gasteiger partial charge in [-0.25, -0.2) is 9.37 Å². The summed E-state index contributed by atoms with van der Waals surface area (Å²) in [5.41, 5.74) is 1.62. The fraction of sp³-hybridized carbons (Fsp3) is 0.136. The number of fused-ring (bicyclic) bond motifs is 1. The van der Waals surface area contributed by atoms with Crippen LogP contribution in [0.25, 0.3) is 22.5 Å². The third-order valence-electron chi connectivity index (χ3n) is 4.85. The summed E-state index contributed by atoms with van der Waals surface area (Å²) >= 11 is 7.40. The molecule has 1 aliphatic heterocycles. The fourth-order valence-corrected chi connectivity index (χ4v) is 4.33. The van der Waals surface area contributed by atoms with Crippen LogP contribution in [0.2, 0.25) is 5.02 Å². The van der Waals surface area contributed by atoms with Gasteiger partial charge in [-0.1, -0.05) is 22.8 Å². The molecule has 5 rings (SSSR count). The zero-order valence-electron chi connectivity index (χ0n) is 16.6. The Morgan fingerprint density at radius 1 is 1.19 bits per heavy atom. The van der Waals surface area contributed by atoms with Crippen LogP contribution in [-0.2, 0) is 0 Å². The smallest absolute Gasteiger partial charge is 0.263 e. The second kappa shape index (κ2) is 8.25. The van der Waals surface area contributed by atoms with Crippen LogP contribution in [0, 0.1) is 12.7 Å². The number of aromatic nitrogens is 2. The minimum Gasteiger partial charge on any atom is -0.486 e. The minimum absolute atomic E-state index is 0.00673. The maximum Gasteiger partial charge on any atom is 0.263 e. The fourth-order valence-electron chi connectivity index (χ4n) is 3.36. The number of carbonyl (C=O) groups is 1. The van der Waals surface area contributed by atoms with Crippen molar-refractivity contribution >= 4 is 34.0 Å². The molecular formula is C22H15ClFN3O4S. The number of amides is 1. The molecule has 0 radical (unpaired) electrons. The SMILES string of the molecule is Cc1onc(-c2c(F)cccc2Cl)c1C(=O)Nc1nc(-c2ccc3c(c2)OCCO3)cs1. The number of carbonyl (C=O) groups excluding carboxylic acids is 1. The third kappa shape index (κ3) is 3.69. The van der Waals surface area contributed by atoms with E-state index in [-0.39, 0.29) is 27.6 Å². The number of rotatable bonds is 4. The van der Waals surface area contributed by atoms with Gasteiger partial charge in [-0.2, -0.15) is 0 Å². The van der Waals surface area contributed by atoms with Crippen LogP contribution in [0.1, 0.15) is 16.1 Å². The molecule has 162 valence electrons. The summed E-state index contributed by atoms with van der Waals surface area (Å²) in [5, 5.41) is 8.90. The van der Waals surface area contributed by atoms with Crippen molar-refractivity contribution < 1.29 is 23.2 Å². The first-order valence-corrected chi connectivity index (χ1v) is 10.8. The number of aryl methyl sites for hydroxylation is 1. The van der Waals surface area contributed by atoms with Crippen molar-refractivity contribution in [3.05, 3.63) is 63.9 Å². The number of halogens is 2. The number of ether oxygens (including phenoxy) is 2. The Balaban J connectivity index is 1.42. The lowest BCUT2D eigenvalue weighted by Crippen LogP contribution is -2.15. The highest BCUT2D eigenvalue weighted by Gasteiger charge is 2.26. The second-order valence-corrected chi connectivity index (χ2v) is 8.17. The highest BCUT2D eigenvalue weighted by molar-refractivity contribution is 7.14. The predicted molar refractivity (Wildman–Crippen MR) is 118 cm³/mol. The molecule has 0 atom stereocenters. The Morgan fingerprint density at radius 3 is 2.81 bits per heavy atom. The van der Waals surface area contributed by atoms with Crippen molar-refractivity contribution in [1.29, 1.82) is 0 Å². The van der Waals surface area contributed by atoms with Gasteiger partial charge in [-0.05, 0) is 37.3 Å². The second-order valence-electron chi connectivity index (χ2n) is 6.91. The van der Waals surface area contributed by atoms with Gasteiger partial charge in [0.15, 0.2) is 16.6 Å². The van der Waals surface area contributed by atoms with E-state index in [1.807, 2.05) is 23.6 Å². The van der Waals surface area contributed by atoms with Gasteiger partial charge in [0, 0.05) is 10.9 Å². The van der Waals surface area contributed by atoms with Crippen molar-refractivity contribution in [1.82, 2.24) is 10.1 Å². The highest BCUT2D eigenvalue weighted by Crippen LogP contribution is 2.36. The standard InChI is InChI=1S/C22H15ClFN3O4S/c1-11-18(20(27-31-11)19-13(23)3-2-4-14(19)24)21(28)26-22-25-15(10-32-22)12-5-6-16-17(9-12)30-8-7-29-16/h2-6,9-10H,7-8H2,1H3,(H,25,26,28). The summed E-state index contributed by atoms with van der Waals surface area (Å²) in [4.78, 5) is 17.5. The Hall–Kier alpha value is -3.43. The van der Waals surface area contributed by atoms with E-state index in [0.717, 1.165) is 5.56 Å². The zero-order valence-corrected chi connectivity index (χ0v) is 18.2. The van der Waals surface area contributed by atoms with Gasteiger partial charge in [0.25, 0.3) is 5.91 Å². The molecule has 0 bridgehead atoms. The number of hydrogen-bond donors (Lipinski definition) is 1. The molecule has 0 fully saturated rings. The predicted octanol–water partition coefficient (Wildman–Crippen LogP) is 5.59. The molecule has 10 heteroatoms. The molecule has 1 N–H and O–H groups in total. The summed E-state index contributed by atoms with van der Waals surface area (Å²) in [7, 11) is 0. The van der Waals surface area contributed by atoms with Crippen molar-refractivity contribution in [2.24, 2.45) is 0 Å². The Kier molecular flexibility index (Phi) is 5.28. The van der Waals surface area contributed by atoms with Crippen LogP contribution in [0.5, 0.6) is 11.5 Å². The zero-order chi connectivity index (χ0) is 22.2. The molecule has 3 heterocycles. The van der Waals surface area contributed by atoms with Crippen molar-refractivity contribution in [2.75, 3.05) is 18.5 Å². The quantitative estimate of drug-likeness (QED) is 0.417. The molecular weight excluding hydrogens is 457 g/mol. The molecule has 2 aromatic heterocycles. The first-order valence-electron chi connectivity index (χ1n) is 9.59. The lowest BCUT2D eigenvalue weighted by atomic mass is 10.1. The van der Waals surface area contributed by atoms with Crippen LogP contribution in [0.15, 0.2) is 46.3 Å². The molecule has 0 saturated heterocycles. The number of anilines is 1. The Bertz CT molecular complexity index is 1320. The maximum absolute atomic E-state index is 14.4. The lowest BCUT2D eigenvalue weighted by molar-refractivity contribution is 0.102. The Labute approximate surface area is 190 Å². The molecule has 32 heavy (non-hydrogen) atoms. The van der Waals surface area contributed by atoms with Gasteiger partial charge in [0.05, 0.1) is 16.3 Å². The van der Waals surface area contributed by atoms with Gasteiger partial charge in [0.2, 0.25) is 0 Å². The van der Waals surface area contributed by atoms with Crippen LogP contribution >= 0.6 is 22.9 Å². The highest BCUT2D eigenvalue weighted by atomic mass is 35.5. The Morgan fingerprint density at radius 2 is 2.00 bits per heavy atom. The number of hydrogen-bond acceptors (Lipinski definition) is 7. The van der Waals surface area contributed by atoms with Crippen molar-refractivity contribution in [2.45, 2.75) is 6.92 Å². The molecule has 0 unspecified atom stereocenters. The van der Waals surface area contributed by atoms with Gasteiger partial charge in [-0.3, -0.25) is 10.1 Å². The summed E-state index contributed by atoms with van der Waals surface area (Å²) in [6.07, 6.45) is 0. The van der Waals surface area contributed by atoms with Crippen LogP contribution in [-0.4, -0.2) is 29.3 Å². The topological polar surface area (TPSA) is 86.5 Å². The molecule has 7 nitrogen and oxygen atoms in total. The number of nitrogens with one attached hydrogen (secondary N) is 1. The van der Waals surface area contributed by atoms with Crippen molar-refractivity contribution in [3.63, 3.8) is 0 Å². The van der Waals surface area contributed by atoms with Gasteiger partial charge >= 0.3 is 0 Å². The summed E-state index contributed by atoms with van der Waals surface area (Å²) in [6, 6.07) is 9.78. The normalized spacial score (nSPS) is 12.6. The van der Waals surface area contributed by atoms with E-state index in [1.54, 1.807) is 6.92 Å². The van der Waals surface area contributed by atoms with E-state index in [4.69, 9.17) is 25.6 Å². The van der Waals surface area contributed by atoms with Crippen LogP contribution in [0.4, 0.5) is 9.52 Å². The monoisotopic (exact) mass is 471 g/mol. The lowest BCUT2D eigenvalue weighted by Gasteiger charge is -2.18.